The van der Waals surface area contributed by atoms with Crippen LogP contribution in [0.5, 0.6) is 0 Å². The lowest BCUT2D eigenvalue weighted by molar-refractivity contribution is -0.131. The van der Waals surface area contributed by atoms with Gasteiger partial charge in [-0.05, 0) is 19.3 Å². The Morgan fingerprint density at radius 2 is 0.850 bits per heavy atom. The zero-order valence-corrected chi connectivity index (χ0v) is 39.5. The molecule has 1 fully saturated rings. The molecular weight excluding hydrogens is 753 g/mol. The molecule has 0 saturated heterocycles. The molecule has 1 rings (SSSR count). The maximum atomic E-state index is 13.1. The molecule has 0 aromatic rings. The number of hydrogen-bond donors (Lipinski definition) is 8. The van der Waals surface area contributed by atoms with Crippen LogP contribution in [0, 0.1) is 5.92 Å². The molecule has 0 heterocycles. The first-order chi connectivity index (χ1) is 29.3. The van der Waals surface area contributed by atoms with E-state index in [9.17, 15) is 35.4 Å². The molecule has 0 bridgehead atoms. The second-order valence-corrected chi connectivity index (χ2v) is 19.1. The first-order valence-corrected chi connectivity index (χ1v) is 26.3. The molecule has 0 unspecified atom stereocenters. The molecule has 0 aromatic heterocycles. The number of aliphatic hydroxyl groups excluding tert-OH is 6. The Bertz CT molecular complexity index is 926. The average molecular weight is 855 g/mol. The number of aliphatic hydroxyl groups is 6. The lowest BCUT2D eigenvalue weighted by Crippen LogP contribution is -2.61. The molecule has 0 aromatic carbocycles. The first-order valence-electron chi connectivity index (χ1n) is 26.3. The van der Waals surface area contributed by atoms with Gasteiger partial charge in [-0.3, -0.25) is 4.79 Å². The number of rotatable bonds is 44. The summed E-state index contributed by atoms with van der Waals surface area (Å²) in [4.78, 5) is 13.1. The zero-order valence-electron chi connectivity index (χ0n) is 39.5. The van der Waals surface area contributed by atoms with Crippen molar-refractivity contribution in [1.82, 2.24) is 10.6 Å². The Morgan fingerprint density at radius 3 is 1.22 bits per heavy atom. The summed E-state index contributed by atoms with van der Waals surface area (Å²) in [6.45, 7) is 4.28. The molecule has 358 valence electrons. The third-order valence-corrected chi connectivity index (χ3v) is 13.5. The highest BCUT2D eigenvalue weighted by molar-refractivity contribution is 5.76. The van der Waals surface area contributed by atoms with Gasteiger partial charge in [0.1, 0.15) is 12.2 Å². The van der Waals surface area contributed by atoms with Crippen molar-refractivity contribution in [3.63, 3.8) is 0 Å². The summed E-state index contributed by atoms with van der Waals surface area (Å²) < 4.78 is 0. The quantitative estimate of drug-likeness (QED) is 0.0281. The summed E-state index contributed by atoms with van der Waals surface area (Å²) >= 11 is 0. The van der Waals surface area contributed by atoms with Crippen molar-refractivity contribution < 1.29 is 35.4 Å². The van der Waals surface area contributed by atoms with Gasteiger partial charge in [0.25, 0.3) is 0 Å². The zero-order chi connectivity index (χ0) is 43.9. The van der Waals surface area contributed by atoms with Gasteiger partial charge in [0, 0.05) is 31.5 Å². The number of carbonyl (C=O) groups excluding carboxylic acids is 1. The second kappa shape index (κ2) is 40.9. The summed E-state index contributed by atoms with van der Waals surface area (Å²) in [5.74, 6) is -0.774. The second-order valence-electron chi connectivity index (χ2n) is 19.1. The molecule has 0 spiro atoms. The van der Waals surface area contributed by atoms with Crippen LogP contribution in [0.2, 0.25) is 0 Å². The Labute approximate surface area is 370 Å². The fourth-order valence-electron chi connectivity index (χ4n) is 9.23. The predicted octanol–water partition coefficient (Wildman–Crippen LogP) is 10.7. The van der Waals surface area contributed by atoms with Gasteiger partial charge in [-0.25, -0.2) is 0 Å². The smallest absolute Gasteiger partial charge is 0.220 e. The molecule has 1 aliphatic rings. The van der Waals surface area contributed by atoms with Crippen molar-refractivity contribution in [3.05, 3.63) is 0 Å². The van der Waals surface area contributed by atoms with Crippen LogP contribution in [0.4, 0.5) is 0 Å². The van der Waals surface area contributed by atoms with Crippen LogP contribution in [0.25, 0.3) is 0 Å². The summed E-state index contributed by atoms with van der Waals surface area (Å²) in [6, 6.07) is -1.44. The Hall–Kier alpha value is -0.810. The van der Waals surface area contributed by atoms with Crippen molar-refractivity contribution >= 4 is 5.91 Å². The number of nitrogens with one attached hydrogen (secondary N) is 2. The third-order valence-electron chi connectivity index (χ3n) is 13.5. The van der Waals surface area contributed by atoms with Gasteiger partial charge in [0.15, 0.2) is 0 Å². The molecule has 0 radical (unpaired) electrons. The summed E-state index contributed by atoms with van der Waals surface area (Å²) in [7, 11) is 0. The molecule has 8 atom stereocenters. The standard InChI is InChI=1S/C51H102N2O7/c1-3-5-7-9-11-13-15-17-18-19-20-21-22-23-24-25-26-27-29-31-33-35-37-39-47(56)53-45(41-52-44-40-43(42-54)48(57)51(60)50(44)59)49(58)46(55)38-36-34-32-30-28-16-14-12-10-8-6-4-2/h43-46,48-52,54-55,57-60H,3-42H2,1-2H3,(H,53,56)/t43-,44+,45+,46-,48+,49+,50+,51+/m1/s1. The first kappa shape index (κ1) is 57.2. The minimum Gasteiger partial charge on any atom is -0.396 e. The molecule has 1 saturated carbocycles. The van der Waals surface area contributed by atoms with Gasteiger partial charge < -0.3 is 41.3 Å². The fourth-order valence-corrected chi connectivity index (χ4v) is 9.23. The lowest BCUT2D eigenvalue weighted by Gasteiger charge is -2.41. The highest BCUT2D eigenvalue weighted by Gasteiger charge is 2.42. The highest BCUT2D eigenvalue weighted by atomic mass is 16.4. The van der Waals surface area contributed by atoms with E-state index in [1.54, 1.807) is 0 Å². The SMILES string of the molecule is CCCCCCCCCCCCCCCCCCCCCCCCCC(=O)N[C@@H](CN[C@H]1C[C@H](CO)[C@H](O)[C@H](O)[C@H]1O)[C@H](O)[C@H](O)CCCCCCCCCCCCCC. The summed E-state index contributed by atoms with van der Waals surface area (Å²) in [5.41, 5.74) is 0. The number of amides is 1. The van der Waals surface area contributed by atoms with E-state index >= 15 is 0 Å². The van der Waals surface area contributed by atoms with Crippen LogP contribution in [0.1, 0.15) is 258 Å². The molecule has 9 heteroatoms. The van der Waals surface area contributed by atoms with Crippen molar-refractivity contribution in [1.29, 1.82) is 0 Å². The fraction of sp³-hybridized carbons (Fsp3) is 0.980. The van der Waals surface area contributed by atoms with Crippen LogP contribution in [-0.4, -0.2) is 92.3 Å². The molecular formula is C51H102N2O7. The van der Waals surface area contributed by atoms with E-state index < -0.39 is 48.5 Å². The van der Waals surface area contributed by atoms with E-state index in [1.807, 2.05) is 0 Å². The minimum absolute atomic E-state index is 0.0739. The van der Waals surface area contributed by atoms with Crippen molar-refractivity contribution in [3.8, 4) is 0 Å². The van der Waals surface area contributed by atoms with E-state index in [0.29, 0.717) is 12.8 Å². The van der Waals surface area contributed by atoms with Gasteiger partial charge in [-0.2, -0.15) is 0 Å². The van der Waals surface area contributed by atoms with Gasteiger partial charge in [-0.1, -0.05) is 232 Å². The lowest BCUT2D eigenvalue weighted by atomic mass is 9.79. The Morgan fingerprint density at radius 1 is 0.500 bits per heavy atom. The van der Waals surface area contributed by atoms with Gasteiger partial charge in [0.2, 0.25) is 5.91 Å². The minimum atomic E-state index is -1.42. The molecule has 60 heavy (non-hydrogen) atoms. The molecule has 1 aliphatic carbocycles. The topological polar surface area (TPSA) is 163 Å². The molecule has 0 aliphatic heterocycles. The molecule has 1 amide bonds. The predicted molar refractivity (Wildman–Crippen MR) is 251 cm³/mol. The maximum absolute atomic E-state index is 13.1. The van der Waals surface area contributed by atoms with Crippen LogP contribution in [0.15, 0.2) is 0 Å². The monoisotopic (exact) mass is 855 g/mol. The summed E-state index contributed by atoms with van der Waals surface area (Å²) in [5, 5.41) is 69.3. The molecule has 9 nitrogen and oxygen atoms in total. The van der Waals surface area contributed by atoms with Gasteiger partial charge in [0.05, 0.1) is 24.4 Å². The largest absolute Gasteiger partial charge is 0.396 e. The van der Waals surface area contributed by atoms with Crippen LogP contribution >= 0.6 is 0 Å². The molecule has 8 N–H and O–H groups in total. The maximum Gasteiger partial charge on any atom is 0.220 e. The van der Waals surface area contributed by atoms with E-state index in [4.69, 9.17) is 0 Å². The number of hydrogen-bond acceptors (Lipinski definition) is 8. The van der Waals surface area contributed by atoms with Crippen LogP contribution < -0.4 is 10.6 Å². The van der Waals surface area contributed by atoms with Crippen molar-refractivity contribution in [2.24, 2.45) is 5.92 Å². The van der Waals surface area contributed by atoms with Crippen LogP contribution in [-0.2, 0) is 4.79 Å². The number of carbonyl (C=O) groups is 1. The van der Waals surface area contributed by atoms with Crippen LogP contribution in [0.3, 0.4) is 0 Å². The third kappa shape index (κ3) is 30.3. The van der Waals surface area contributed by atoms with E-state index in [0.717, 1.165) is 38.5 Å². The normalized spacial score (nSPS) is 21.0. The van der Waals surface area contributed by atoms with E-state index in [1.165, 1.54) is 186 Å². The van der Waals surface area contributed by atoms with Crippen molar-refractivity contribution in [2.45, 2.75) is 300 Å². The van der Waals surface area contributed by atoms with E-state index in [2.05, 4.69) is 24.5 Å². The van der Waals surface area contributed by atoms with Crippen molar-refractivity contribution in [2.75, 3.05) is 13.2 Å². The highest BCUT2D eigenvalue weighted by Crippen LogP contribution is 2.26. The average Bonchev–Trinajstić information content (AvgIpc) is 3.25. The van der Waals surface area contributed by atoms with E-state index in [-0.39, 0.29) is 25.5 Å². The summed E-state index contributed by atoms with van der Waals surface area (Å²) in [6.07, 6.45) is 39.9. The number of unbranched alkanes of at least 4 members (excludes halogenated alkanes) is 33. The van der Waals surface area contributed by atoms with Gasteiger partial charge >= 0.3 is 0 Å². The van der Waals surface area contributed by atoms with Gasteiger partial charge in [-0.15, -0.1) is 0 Å². The Balaban J connectivity index is 2.26. The Kier molecular flexibility index (Phi) is 39.0.